The summed E-state index contributed by atoms with van der Waals surface area (Å²) in [5.74, 6) is -2.76. The minimum absolute atomic E-state index is 0.0132. The first-order chi connectivity index (χ1) is 17.2. The van der Waals surface area contributed by atoms with Gasteiger partial charge in [0.1, 0.15) is 6.04 Å². The van der Waals surface area contributed by atoms with Crippen molar-refractivity contribution in [1.82, 2.24) is 14.7 Å². The van der Waals surface area contributed by atoms with Crippen molar-refractivity contribution in [2.24, 2.45) is 23.7 Å². The molecule has 4 rings (SSSR count). The van der Waals surface area contributed by atoms with E-state index >= 15 is 0 Å². The van der Waals surface area contributed by atoms with Crippen molar-refractivity contribution in [2.75, 3.05) is 52.5 Å². The summed E-state index contributed by atoms with van der Waals surface area (Å²) in [6.45, 7) is 14.2. The van der Waals surface area contributed by atoms with Crippen LogP contribution in [0.1, 0.15) is 33.6 Å². The third-order valence-electron chi connectivity index (χ3n) is 8.50. The second-order valence-electron chi connectivity index (χ2n) is 11.1. The molecule has 0 aromatic heterocycles. The summed E-state index contributed by atoms with van der Waals surface area (Å²) < 4.78 is 4.64. The lowest BCUT2D eigenvalue weighted by atomic mass is 9.66. The van der Waals surface area contributed by atoms with Gasteiger partial charge < -0.3 is 24.7 Å². The SMILES string of the molecule is C=CCN(CCN1CCOCC1)C(=O)C1N([C@@H](CO)CC(C)C)C(=O)[C@@H]2[C@@H](C(=O)O)[C@H]3CC(C)C12S3. The second kappa shape index (κ2) is 11.0. The molecule has 2 amide bonds. The molecule has 1 spiro atoms. The molecular weight excluding hydrogens is 482 g/mol. The quantitative estimate of drug-likeness (QED) is 0.388. The van der Waals surface area contributed by atoms with Crippen LogP contribution in [0.15, 0.2) is 12.7 Å². The van der Waals surface area contributed by atoms with E-state index in [-0.39, 0.29) is 35.5 Å². The van der Waals surface area contributed by atoms with Crippen LogP contribution in [-0.2, 0) is 19.1 Å². The molecular formula is C26H41N3O6S. The number of aliphatic hydroxyl groups excluding tert-OH is 1. The average Bonchev–Trinajstić information content (AvgIpc) is 3.44. The highest BCUT2D eigenvalue weighted by Crippen LogP contribution is 2.69. The Morgan fingerprint density at radius 3 is 2.61 bits per heavy atom. The molecule has 4 aliphatic rings. The maximum absolute atomic E-state index is 14.4. The van der Waals surface area contributed by atoms with E-state index in [2.05, 4.69) is 18.4 Å². The first-order valence-electron chi connectivity index (χ1n) is 13.2. The number of thioether (sulfide) groups is 1. The van der Waals surface area contributed by atoms with Gasteiger partial charge in [-0.05, 0) is 24.7 Å². The third kappa shape index (κ3) is 4.59. The maximum Gasteiger partial charge on any atom is 0.308 e. The zero-order chi connectivity index (χ0) is 26.2. The number of carboxylic acids is 1. The summed E-state index contributed by atoms with van der Waals surface area (Å²) in [4.78, 5) is 46.4. The van der Waals surface area contributed by atoms with Crippen LogP contribution in [0.4, 0.5) is 0 Å². The van der Waals surface area contributed by atoms with Crippen molar-refractivity contribution in [1.29, 1.82) is 0 Å². The fourth-order valence-electron chi connectivity index (χ4n) is 6.94. The summed E-state index contributed by atoms with van der Waals surface area (Å²) in [6, 6.07) is -1.33. The van der Waals surface area contributed by atoms with Gasteiger partial charge >= 0.3 is 5.97 Å². The molecule has 0 aromatic rings. The molecule has 9 nitrogen and oxygen atoms in total. The highest BCUT2D eigenvalue weighted by atomic mass is 32.2. The largest absolute Gasteiger partial charge is 0.481 e. The van der Waals surface area contributed by atoms with Crippen LogP contribution in [0.5, 0.6) is 0 Å². The lowest BCUT2D eigenvalue weighted by molar-refractivity contribution is -0.150. The molecule has 4 heterocycles. The van der Waals surface area contributed by atoms with Crippen LogP contribution in [0.2, 0.25) is 0 Å². The van der Waals surface area contributed by atoms with E-state index < -0.39 is 34.6 Å². The number of morpholine rings is 1. The number of aliphatic carboxylic acids is 1. The monoisotopic (exact) mass is 523 g/mol. The van der Waals surface area contributed by atoms with Gasteiger partial charge in [-0.25, -0.2) is 0 Å². The number of likely N-dealkylation sites (tertiary alicyclic amines) is 1. The third-order valence-corrected chi connectivity index (χ3v) is 10.6. The Bertz CT molecular complexity index is 865. The van der Waals surface area contributed by atoms with Gasteiger partial charge in [0.15, 0.2) is 0 Å². The molecule has 2 N–H and O–H groups in total. The van der Waals surface area contributed by atoms with Gasteiger partial charge in [0, 0.05) is 38.0 Å². The van der Waals surface area contributed by atoms with Gasteiger partial charge in [0.05, 0.1) is 42.4 Å². The summed E-state index contributed by atoms with van der Waals surface area (Å²) in [6.07, 6.45) is 2.92. The summed E-state index contributed by atoms with van der Waals surface area (Å²) in [7, 11) is 0. The summed E-state index contributed by atoms with van der Waals surface area (Å²) in [5, 5.41) is 20.3. The number of rotatable bonds is 11. The number of nitrogens with zero attached hydrogens (tertiary/aromatic N) is 3. The molecule has 7 atom stereocenters. The van der Waals surface area contributed by atoms with Crippen molar-refractivity contribution in [3.8, 4) is 0 Å². The lowest BCUT2D eigenvalue weighted by Gasteiger charge is -2.42. The van der Waals surface area contributed by atoms with Gasteiger partial charge in [-0.1, -0.05) is 26.8 Å². The number of hydrogen-bond acceptors (Lipinski definition) is 7. The van der Waals surface area contributed by atoms with Crippen LogP contribution < -0.4 is 0 Å². The second-order valence-corrected chi connectivity index (χ2v) is 12.7. The van der Waals surface area contributed by atoms with E-state index in [1.165, 1.54) is 0 Å². The zero-order valence-corrected chi connectivity index (χ0v) is 22.5. The zero-order valence-electron chi connectivity index (χ0n) is 21.7. The number of amides is 2. The van der Waals surface area contributed by atoms with Gasteiger partial charge in [0.25, 0.3) is 0 Å². The fraction of sp³-hybridized carbons (Fsp3) is 0.808. The summed E-state index contributed by atoms with van der Waals surface area (Å²) >= 11 is 1.54. The van der Waals surface area contributed by atoms with Crippen LogP contribution >= 0.6 is 11.8 Å². The molecule has 4 fully saturated rings. The molecule has 4 aliphatic heterocycles. The molecule has 4 saturated heterocycles. The molecule has 0 radical (unpaired) electrons. The van der Waals surface area contributed by atoms with E-state index in [4.69, 9.17) is 4.74 Å². The van der Waals surface area contributed by atoms with Crippen LogP contribution in [-0.4, -0.2) is 117 Å². The Balaban J connectivity index is 1.71. The number of carboxylic acid groups (broad SMARTS) is 1. The van der Waals surface area contributed by atoms with E-state index in [9.17, 15) is 24.6 Å². The number of ether oxygens (including phenoxy) is 1. The number of aliphatic hydroxyl groups is 1. The molecule has 3 unspecified atom stereocenters. The normalized spacial score (nSPS) is 34.8. The minimum atomic E-state index is -0.965. The van der Waals surface area contributed by atoms with Crippen LogP contribution in [0.25, 0.3) is 0 Å². The molecule has 0 aliphatic carbocycles. The van der Waals surface area contributed by atoms with E-state index in [1.54, 1.807) is 27.6 Å². The fourth-order valence-corrected chi connectivity index (χ4v) is 9.34. The van der Waals surface area contributed by atoms with Gasteiger partial charge in [-0.2, -0.15) is 0 Å². The van der Waals surface area contributed by atoms with Gasteiger partial charge in [0.2, 0.25) is 11.8 Å². The van der Waals surface area contributed by atoms with Crippen molar-refractivity contribution in [3.63, 3.8) is 0 Å². The van der Waals surface area contributed by atoms with Crippen LogP contribution in [0.3, 0.4) is 0 Å². The highest BCUT2D eigenvalue weighted by molar-refractivity contribution is 8.02. The number of fused-ring (bicyclic) bond motifs is 1. The van der Waals surface area contributed by atoms with E-state index in [0.29, 0.717) is 45.7 Å². The lowest BCUT2D eigenvalue weighted by Crippen LogP contribution is -2.60. The van der Waals surface area contributed by atoms with Crippen molar-refractivity contribution in [3.05, 3.63) is 12.7 Å². The Labute approximate surface area is 218 Å². The highest BCUT2D eigenvalue weighted by Gasteiger charge is 2.76. The Hall–Kier alpha value is -1.62. The molecule has 0 aromatic carbocycles. The first-order valence-corrected chi connectivity index (χ1v) is 14.1. The summed E-state index contributed by atoms with van der Waals surface area (Å²) in [5.41, 5.74) is 0. The first kappa shape index (κ1) is 27.4. The van der Waals surface area contributed by atoms with Crippen molar-refractivity contribution in [2.45, 2.75) is 55.7 Å². The van der Waals surface area contributed by atoms with Crippen molar-refractivity contribution >= 4 is 29.5 Å². The number of carbonyl (C=O) groups excluding carboxylic acids is 2. The standard InChI is InChI=1S/C26H41N3O6S/c1-5-6-28(8-7-27-9-11-35-12-10-27)24(32)22-26-17(4)14-19(36-26)20(25(33)34)21(26)23(31)29(22)18(15-30)13-16(2)3/h5,16-22,30H,1,6-15H2,2-4H3,(H,33,34)/t17?,18-,19-,20+,21+,22?,26?/m1/s1. The molecule has 10 heteroatoms. The maximum atomic E-state index is 14.4. The molecule has 202 valence electrons. The Morgan fingerprint density at radius 1 is 1.33 bits per heavy atom. The minimum Gasteiger partial charge on any atom is -0.481 e. The predicted octanol–water partition coefficient (Wildman–Crippen LogP) is 1.16. The van der Waals surface area contributed by atoms with Gasteiger partial charge in [-0.15, -0.1) is 18.3 Å². The average molecular weight is 524 g/mol. The van der Waals surface area contributed by atoms with Crippen LogP contribution in [0, 0.1) is 23.7 Å². The number of carbonyl (C=O) groups is 3. The topological polar surface area (TPSA) is 111 Å². The molecule has 0 saturated carbocycles. The number of hydrogen-bond donors (Lipinski definition) is 2. The van der Waals surface area contributed by atoms with E-state index in [0.717, 1.165) is 13.1 Å². The van der Waals surface area contributed by atoms with Gasteiger partial charge in [-0.3, -0.25) is 19.3 Å². The van der Waals surface area contributed by atoms with Crippen molar-refractivity contribution < 1.29 is 29.3 Å². The van der Waals surface area contributed by atoms with E-state index in [1.807, 2.05) is 13.8 Å². The predicted molar refractivity (Wildman–Crippen MR) is 138 cm³/mol. The smallest absolute Gasteiger partial charge is 0.308 e. The molecule has 36 heavy (non-hydrogen) atoms. The molecule has 2 bridgehead atoms. The Morgan fingerprint density at radius 2 is 2.03 bits per heavy atom. The Kier molecular flexibility index (Phi) is 8.38.